The van der Waals surface area contributed by atoms with Crippen LogP contribution in [0.3, 0.4) is 0 Å². The molecule has 0 bridgehead atoms. The highest BCUT2D eigenvalue weighted by molar-refractivity contribution is 7.10. The van der Waals surface area contributed by atoms with Crippen LogP contribution in [0.25, 0.3) is 0 Å². The maximum atomic E-state index is 12.2. The Morgan fingerprint density at radius 2 is 2.24 bits per heavy atom. The molecule has 6 heteroatoms. The molecule has 0 aliphatic rings. The molecule has 0 atom stereocenters. The number of thiophene rings is 1. The highest BCUT2D eigenvalue weighted by atomic mass is 32.1. The second kappa shape index (κ2) is 9.16. The Morgan fingerprint density at radius 3 is 2.90 bits per heavy atom. The maximum absolute atomic E-state index is 12.2. The molecule has 5 nitrogen and oxygen atoms in total. The summed E-state index contributed by atoms with van der Waals surface area (Å²) < 4.78 is 4.55. The van der Waals surface area contributed by atoms with Crippen LogP contribution in [0.1, 0.15) is 34.5 Å². The number of carbonyl (C=O) groups excluding carboxylic acids is 2. The van der Waals surface area contributed by atoms with Gasteiger partial charge in [0.05, 0.1) is 24.2 Å². The van der Waals surface area contributed by atoms with Crippen molar-refractivity contribution in [2.45, 2.75) is 19.3 Å². The van der Waals surface area contributed by atoms with Crippen molar-refractivity contribution in [3.63, 3.8) is 0 Å². The van der Waals surface area contributed by atoms with E-state index in [4.69, 9.17) is 5.11 Å². The number of esters is 1. The number of carbonyl (C=O) groups is 2. The van der Waals surface area contributed by atoms with E-state index in [2.05, 4.69) is 16.6 Å². The van der Waals surface area contributed by atoms with E-state index in [1.807, 2.05) is 0 Å². The first kappa shape index (κ1) is 17.2. The highest BCUT2D eigenvalue weighted by Gasteiger charge is 2.13. The minimum Gasteiger partial charge on any atom is -0.469 e. The molecule has 1 aromatic rings. The van der Waals surface area contributed by atoms with Crippen molar-refractivity contribution >= 4 is 23.2 Å². The monoisotopic (exact) mass is 309 g/mol. The van der Waals surface area contributed by atoms with Gasteiger partial charge in [0, 0.05) is 31.8 Å². The number of amides is 1. The third-order valence-electron chi connectivity index (χ3n) is 2.74. The quantitative estimate of drug-likeness (QED) is 0.639. The predicted molar refractivity (Wildman–Crippen MR) is 81.1 cm³/mol. The van der Waals surface area contributed by atoms with Gasteiger partial charge in [-0.1, -0.05) is 11.8 Å². The molecular weight excluding hydrogens is 290 g/mol. The van der Waals surface area contributed by atoms with Gasteiger partial charge in [0.1, 0.15) is 0 Å². The SMILES string of the molecule is COC(=O)CCCN(C)C(=O)c1csc(C#CCCO)c1. The number of hydrogen-bond acceptors (Lipinski definition) is 5. The summed E-state index contributed by atoms with van der Waals surface area (Å²) >= 11 is 1.40. The van der Waals surface area contributed by atoms with Gasteiger partial charge < -0.3 is 14.7 Å². The first-order valence-corrected chi connectivity index (χ1v) is 7.47. The zero-order valence-electron chi connectivity index (χ0n) is 12.2. The van der Waals surface area contributed by atoms with Gasteiger partial charge in [-0.05, 0) is 12.5 Å². The van der Waals surface area contributed by atoms with Crippen molar-refractivity contribution in [3.8, 4) is 11.8 Å². The van der Waals surface area contributed by atoms with Crippen molar-refractivity contribution in [3.05, 3.63) is 21.9 Å². The second-order valence-electron chi connectivity index (χ2n) is 4.38. The fraction of sp³-hybridized carbons (Fsp3) is 0.467. The molecule has 1 heterocycles. The van der Waals surface area contributed by atoms with E-state index in [-0.39, 0.29) is 18.5 Å². The molecule has 21 heavy (non-hydrogen) atoms. The van der Waals surface area contributed by atoms with Crippen LogP contribution in [0.4, 0.5) is 0 Å². The molecule has 0 unspecified atom stereocenters. The molecule has 0 aliphatic heterocycles. The average Bonchev–Trinajstić information content (AvgIpc) is 2.95. The van der Waals surface area contributed by atoms with E-state index < -0.39 is 0 Å². The van der Waals surface area contributed by atoms with Crippen molar-refractivity contribution in [1.29, 1.82) is 0 Å². The summed E-state index contributed by atoms with van der Waals surface area (Å²) in [7, 11) is 3.05. The number of aliphatic hydroxyl groups excluding tert-OH is 1. The van der Waals surface area contributed by atoms with Crippen LogP contribution < -0.4 is 0 Å². The Bertz CT molecular complexity index is 541. The average molecular weight is 309 g/mol. The van der Waals surface area contributed by atoms with Crippen molar-refractivity contribution in [2.24, 2.45) is 0 Å². The molecule has 1 rings (SSSR count). The van der Waals surface area contributed by atoms with Gasteiger partial charge in [0.25, 0.3) is 5.91 Å². The van der Waals surface area contributed by atoms with Crippen molar-refractivity contribution in [2.75, 3.05) is 27.3 Å². The van der Waals surface area contributed by atoms with E-state index in [1.54, 1.807) is 23.4 Å². The third kappa shape index (κ3) is 5.98. The Morgan fingerprint density at radius 1 is 1.48 bits per heavy atom. The zero-order valence-corrected chi connectivity index (χ0v) is 13.0. The van der Waals surface area contributed by atoms with E-state index in [0.717, 1.165) is 4.88 Å². The molecule has 0 saturated heterocycles. The van der Waals surface area contributed by atoms with E-state index >= 15 is 0 Å². The van der Waals surface area contributed by atoms with Gasteiger partial charge in [0.2, 0.25) is 0 Å². The predicted octanol–water partition coefficient (Wildman–Crippen LogP) is 1.51. The fourth-order valence-corrected chi connectivity index (χ4v) is 2.35. The summed E-state index contributed by atoms with van der Waals surface area (Å²) in [5.41, 5.74) is 0.592. The van der Waals surface area contributed by atoms with Crippen LogP contribution in [-0.2, 0) is 9.53 Å². The number of ether oxygens (including phenoxy) is 1. The van der Waals surface area contributed by atoms with Gasteiger partial charge >= 0.3 is 5.97 Å². The van der Waals surface area contributed by atoms with Crippen molar-refractivity contribution in [1.82, 2.24) is 4.90 Å². The standard InChI is InChI=1S/C15H19NO4S/c1-16(8-5-7-14(18)20-2)15(19)12-10-13(21-11-12)6-3-4-9-17/h10-11,17H,4-5,7-9H2,1-2H3. The van der Waals surface area contributed by atoms with Gasteiger partial charge in [-0.25, -0.2) is 0 Å². The molecule has 1 N–H and O–H groups in total. The normalized spacial score (nSPS) is 9.67. The van der Waals surface area contributed by atoms with Crippen LogP contribution in [0.5, 0.6) is 0 Å². The molecular formula is C15H19NO4S. The Hall–Kier alpha value is -1.84. The van der Waals surface area contributed by atoms with Crippen LogP contribution >= 0.6 is 11.3 Å². The lowest BCUT2D eigenvalue weighted by Gasteiger charge is -2.15. The minimum absolute atomic E-state index is 0.0348. The second-order valence-corrected chi connectivity index (χ2v) is 5.29. The molecule has 0 radical (unpaired) electrons. The molecule has 0 aliphatic carbocycles. The first-order valence-electron chi connectivity index (χ1n) is 6.59. The summed E-state index contributed by atoms with van der Waals surface area (Å²) in [5, 5.41) is 10.4. The number of methoxy groups -OCH3 is 1. The Kier molecular flexibility index (Phi) is 7.51. The molecule has 114 valence electrons. The maximum Gasteiger partial charge on any atom is 0.305 e. The van der Waals surface area contributed by atoms with Crippen LogP contribution in [0.15, 0.2) is 11.4 Å². The van der Waals surface area contributed by atoms with Crippen LogP contribution in [0.2, 0.25) is 0 Å². The smallest absolute Gasteiger partial charge is 0.305 e. The third-order valence-corrected chi connectivity index (χ3v) is 3.59. The molecule has 1 amide bonds. The van der Waals surface area contributed by atoms with Crippen LogP contribution in [0, 0.1) is 11.8 Å². The van der Waals surface area contributed by atoms with Gasteiger partial charge in [-0.3, -0.25) is 9.59 Å². The van der Waals surface area contributed by atoms with Gasteiger partial charge in [-0.2, -0.15) is 0 Å². The molecule has 0 saturated carbocycles. The van der Waals surface area contributed by atoms with Crippen molar-refractivity contribution < 1.29 is 19.4 Å². The van der Waals surface area contributed by atoms with Gasteiger partial charge in [-0.15, -0.1) is 11.3 Å². The highest BCUT2D eigenvalue weighted by Crippen LogP contribution is 2.15. The Labute approximate surface area is 128 Å². The van der Waals surface area contributed by atoms with Gasteiger partial charge in [0.15, 0.2) is 0 Å². The fourth-order valence-electron chi connectivity index (χ4n) is 1.60. The minimum atomic E-state index is -0.271. The number of rotatable bonds is 6. The summed E-state index contributed by atoms with van der Waals surface area (Å²) in [6.45, 7) is 0.530. The summed E-state index contributed by atoms with van der Waals surface area (Å²) in [6, 6.07) is 1.74. The lowest BCUT2D eigenvalue weighted by Crippen LogP contribution is -2.27. The lowest BCUT2D eigenvalue weighted by atomic mass is 10.2. The summed E-state index contributed by atoms with van der Waals surface area (Å²) in [5.74, 6) is 5.36. The topological polar surface area (TPSA) is 66.8 Å². The number of hydrogen-bond donors (Lipinski definition) is 1. The molecule has 0 aromatic carbocycles. The van der Waals surface area contributed by atoms with Crippen LogP contribution in [-0.4, -0.2) is 49.2 Å². The summed E-state index contributed by atoms with van der Waals surface area (Å²) in [4.78, 5) is 25.5. The summed E-state index contributed by atoms with van der Waals surface area (Å²) in [6.07, 6.45) is 1.30. The van der Waals surface area contributed by atoms with E-state index in [1.165, 1.54) is 18.4 Å². The number of nitrogens with zero attached hydrogens (tertiary/aromatic N) is 1. The van der Waals surface area contributed by atoms with E-state index in [9.17, 15) is 9.59 Å². The number of aliphatic hydroxyl groups is 1. The zero-order chi connectivity index (χ0) is 15.7. The largest absolute Gasteiger partial charge is 0.469 e. The first-order chi connectivity index (χ1) is 10.1. The lowest BCUT2D eigenvalue weighted by molar-refractivity contribution is -0.140. The Balaban J connectivity index is 2.51. The molecule has 0 fully saturated rings. The molecule has 1 aromatic heterocycles. The molecule has 0 spiro atoms. The van der Waals surface area contributed by atoms with E-state index in [0.29, 0.717) is 31.4 Å².